The van der Waals surface area contributed by atoms with E-state index >= 15 is 0 Å². The van der Waals surface area contributed by atoms with Crippen molar-refractivity contribution in [3.05, 3.63) is 64.7 Å². The molecular weight excluding hydrogens is 376 g/mol. The van der Waals surface area contributed by atoms with Gasteiger partial charge in [0.15, 0.2) is 10.8 Å². The quantitative estimate of drug-likeness (QED) is 0.677. The predicted molar refractivity (Wildman–Crippen MR) is 106 cm³/mol. The first kappa shape index (κ1) is 18.7. The predicted octanol–water partition coefficient (Wildman–Crippen LogP) is 2.98. The summed E-state index contributed by atoms with van der Waals surface area (Å²) < 4.78 is 3.35. The van der Waals surface area contributed by atoms with Crippen molar-refractivity contribution in [2.75, 3.05) is 13.1 Å². The van der Waals surface area contributed by atoms with Crippen LogP contribution in [0.15, 0.2) is 42.7 Å². The lowest BCUT2D eigenvalue weighted by Gasteiger charge is -2.24. The fraction of sp³-hybridized carbons (Fsp3) is 0.400. The van der Waals surface area contributed by atoms with Crippen LogP contribution in [-0.4, -0.2) is 48.7 Å². The molecule has 0 bridgehead atoms. The van der Waals surface area contributed by atoms with Crippen molar-refractivity contribution in [2.24, 2.45) is 12.5 Å². The van der Waals surface area contributed by atoms with Crippen molar-refractivity contribution in [3.63, 3.8) is 0 Å². The molecule has 0 radical (unpaired) electrons. The molecule has 1 unspecified atom stereocenters. The number of nitrogens with zero attached hydrogens (tertiary/aromatic N) is 6. The standard InChI is InChI=1S/C20H23ClN6O/c1-20(2)13-26(12-16(20)15-9-22-25(3)11-15)19(28)17-18(21)27(24-23-17)10-14-7-5-4-6-8-14/h4-9,11,16H,10,12-13H2,1-3H3. The highest BCUT2D eigenvalue weighted by Gasteiger charge is 2.43. The molecule has 4 rings (SSSR count). The maximum Gasteiger partial charge on any atom is 0.277 e. The molecule has 0 saturated carbocycles. The second-order valence-corrected chi connectivity index (χ2v) is 8.40. The Kier molecular flexibility index (Phi) is 4.71. The van der Waals surface area contributed by atoms with Crippen molar-refractivity contribution < 1.29 is 4.79 Å². The van der Waals surface area contributed by atoms with E-state index in [1.807, 2.05) is 54.7 Å². The molecule has 1 aliphatic rings. The number of benzene rings is 1. The van der Waals surface area contributed by atoms with E-state index in [0.717, 1.165) is 11.1 Å². The summed E-state index contributed by atoms with van der Waals surface area (Å²) in [7, 11) is 1.90. The van der Waals surface area contributed by atoms with Crippen LogP contribution in [0.25, 0.3) is 0 Å². The van der Waals surface area contributed by atoms with Crippen LogP contribution in [0.1, 0.15) is 41.4 Å². The van der Waals surface area contributed by atoms with Gasteiger partial charge in [0, 0.05) is 32.3 Å². The Balaban J connectivity index is 1.54. The molecule has 3 aromatic rings. The maximum absolute atomic E-state index is 13.1. The average Bonchev–Trinajstić information content (AvgIpc) is 3.33. The van der Waals surface area contributed by atoms with Gasteiger partial charge in [-0.1, -0.05) is 61.0 Å². The highest BCUT2D eigenvalue weighted by Crippen LogP contribution is 2.42. The topological polar surface area (TPSA) is 68.8 Å². The first-order valence-electron chi connectivity index (χ1n) is 9.26. The van der Waals surface area contributed by atoms with Gasteiger partial charge >= 0.3 is 0 Å². The zero-order valence-corrected chi connectivity index (χ0v) is 17.0. The Morgan fingerprint density at radius 3 is 2.71 bits per heavy atom. The lowest BCUT2D eigenvalue weighted by Crippen LogP contribution is -2.30. The summed E-state index contributed by atoms with van der Waals surface area (Å²) >= 11 is 6.45. The van der Waals surface area contributed by atoms with Crippen molar-refractivity contribution in [3.8, 4) is 0 Å². The van der Waals surface area contributed by atoms with E-state index in [4.69, 9.17) is 11.6 Å². The Hall–Kier alpha value is -2.67. The summed E-state index contributed by atoms with van der Waals surface area (Å²) in [6.07, 6.45) is 3.90. The first-order chi connectivity index (χ1) is 13.3. The lowest BCUT2D eigenvalue weighted by atomic mass is 9.79. The molecule has 8 heteroatoms. The van der Waals surface area contributed by atoms with E-state index in [0.29, 0.717) is 19.6 Å². The van der Waals surface area contributed by atoms with E-state index in [2.05, 4.69) is 29.3 Å². The SMILES string of the molecule is Cn1cc(C2CN(C(=O)c3nnn(Cc4ccccc4)c3Cl)CC2(C)C)cn1. The molecule has 1 aromatic carbocycles. The molecule has 1 amide bonds. The molecular formula is C20H23ClN6O. The average molecular weight is 399 g/mol. The lowest BCUT2D eigenvalue weighted by molar-refractivity contribution is 0.0772. The first-order valence-corrected chi connectivity index (χ1v) is 9.63. The minimum atomic E-state index is -0.177. The van der Waals surface area contributed by atoms with Gasteiger partial charge in [-0.25, -0.2) is 4.68 Å². The number of carbonyl (C=O) groups is 1. The number of aromatic nitrogens is 5. The number of hydrogen-bond acceptors (Lipinski definition) is 4. The molecule has 1 atom stereocenters. The largest absolute Gasteiger partial charge is 0.336 e. The van der Waals surface area contributed by atoms with Crippen LogP contribution < -0.4 is 0 Å². The summed E-state index contributed by atoms with van der Waals surface area (Å²) in [5.41, 5.74) is 2.33. The van der Waals surface area contributed by atoms with Gasteiger partial charge in [-0.15, -0.1) is 5.10 Å². The maximum atomic E-state index is 13.1. The van der Waals surface area contributed by atoms with Gasteiger partial charge in [0.05, 0.1) is 12.7 Å². The third-order valence-corrected chi connectivity index (χ3v) is 5.79. The fourth-order valence-corrected chi connectivity index (χ4v) is 4.12. The van der Waals surface area contributed by atoms with Gasteiger partial charge in [-0.05, 0) is 16.5 Å². The summed E-state index contributed by atoms with van der Waals surface area (Å²) in [6.45, 7) is 6.06. The number of halogens is 1. The van der Waals surface area contributed by atoms with Crippen LogP contribution in [-0.2, 0) is 13.6 Å². The second kappa shape index (κ2) is 7.05. The molecule has 0 N–H and O–H groups in total. The number of aryl methyl sites for hydroxylation is 1. The zero-order chi connectivity index (χ0) is 19.9. The number of likely N-dealkylation sites (tertiary alicyclic amines) is 1. The molecule has 0 spiro atoms. The van der Waals surface area contributed by atoms with Crippen LogP contribution >= 0.6 is 11.6 Å². The van der Waals surface area contributed by atoms with Gasteiger partial charge in [-0.3, -0.25) is 9.48 Å². The Morgan fingerprint density at radius 2 is 2.04 bits per heavy atom. The highest BCUT2D eigenvalue weighted by atomic mass is 35.5. The fourth-order valence-electron chi connectivity index (χ4n) is 3.91. The number of rotatable bonds is 4. The molecule has 3 heterocycles. The molecule has 1 saturated heterocycles. The number of hydrogen-bond donors (Lipinski definition) is 0. The van der Waals surface area contributed by atoms with Gasteiger partial charge in [0.25, 0.3) is 5.91 Å². The molecule has 28 heavy (non-hydrogen) atoms. The third-order valence-electron chi connectivity index (χ3n) is 5.41. The summed E-state index contributed by atoms with van der Waals surface area (Å²) in [5, 5.41) is 12.7. The highest BCUT2D eigenvalue weighted by molar-refractivity contribution is 6.32. The Morgan fingerprint density at radius 1 is 1.29 bits per heavy atom. The van der Waals surface area contributed by atoms with E-state index < -0.39 is 0 Å². The Labute approximate surface area is 168 Å². The van der Waals surface area contributed by atoms with Crippen molar-refractivity contribution in [1.29, 1.82) is 0 Å². The molecule has 146 valence electrons. The molecule has 2 aromatic heterocycles. The van der Waals surface area contributed by atoms with E-state index in [1.165, 1.54) is 0 Å². The van der Waals surface area contributed by atoms with Crippen LogP contribution in [0.2, 0.25) is 5.15 Å². The van der Waals surface area contributed by atoms with Crippen LogP contribution in [0, 0.1) is 5.41 Å². The van der Waals surface area contributed by atoms with Crippen molar-refractivity contribution >= 4 is 17.5 Å². The van der Waals surface area contributed by atoms with Gasteiger partial charge in [0.1, 0.15) is 0 Å². The van der Waals surface area contributed by atoms with Crippen molar-refractivity contribution in [2.45, 2.75) is 26.3 Å². The Bertz CT molecular complexity index is 993. The monoisotopic (exact) mass is 398 g/mol. The minimum Gasteiger partial charge on any atom is -0.336 e. The number of carbonyl (C=O) groups excluding carboxylic acids is 1. The summed E-state index contributed by atoms with van der Waals surface area (Å²) in [4.78, 5) is 14.9. The van der Waals surface area contributed by atoms with E-state index in [9.17, 15) is 4.79 Å². The normalized spacial score (nSPS) is 18.6. The van der Waals surface area contributed by atoms with Crippen molar-refractivity contribution in [1.82, 2.24) is 29.7 Å². The summed E-state index contributed by atoms with van der Waals surface area (Å²) in [6, 6.07) is 9.84. The van der Waals surface area contributed by atoms with E-state index in [1.54, 1.807) is 9.36 Å². The molecule has 0 aliphatic carbocycles. The van der Waals surface area contributed by atoms with Gasteiger partial charge in [0.2, 0.25) is 0 Å². The zero-order valence-electron chi connectivity index (χ0n) is 16.2. The minimum absolute atomic E-state index is 0.0643. The molecule has 7 nitrogen and oxygen atoms in total. The second-order valence-electron chi connectivity index (χ2n) is 8.05. The van der Waals surface area contributed by atoms with Gasteiger partial charge in [-0.2, -0.15) is 5.10 Å². The van der Waals surface area contributed by atoms with Crippen LogP contribution in [0.5, 0.6) is 0 Å². The third kappa shape index (κ3) is 3.42. The van der Waals surface area contributed by atoms with Crippen LogP contribution in [0.3, 0.4) is 0 Å². The van der Waals surface area contributed by atoms with Gasteiger partial charge < -0.3 is 4.90 Å². The number of amides is 1. The van der Waals surface area contributed by atoms with Crippen LogP contribution in [0.4, 0.5) is 0 Å². The smallest absolute Gasteiger partial charge is 0.277 e. The molecule has 1 fully saturated rings. The molecule has 1 aliphatic heterocycles. The van der Waals surface area contributed by atoms with E-state index in [-0.39, 0.29) is 28.1 Å². The summed E-state index contributed by atoms with van der Waals surface area (Å²) in [5.74, 6) is 0.0343.